The van der Waals surface area contributed by atoms with Gasteiger partial charge in [-0.3, -0.25) is 0 Å². The van der Waals surface area contributed by atoms with E-state index in [-0.39, 0.29) is 0 Å². The van der Waals surface area contributed by atoms with Crippen LogP contribution < -0.4 is 4.74 Å². The molecule has 3 heteroatoms. The molecule has 130 valence electrons. The van der Waals surface area contributed by atoms with E-state index in [4.69, 9.17) is 4.74 Å². The molecule has 1 aromatic rings. The van der Waals surface area contributed by atoms with Crippen molar-refractivity contribution in [2.24, 2.45) is 0 Å². The van der Waals surface area contributed by atoms with Gasteiger partial charge in [0.15, 0.2) is 0 Å². The fraction of sp³-hybridized carbons (Fsp3) is 0.700. The number of rotatable bonds is 8. The van der Waals surface area contributed by atoms with Crippen molar-refractivity contribution >= 4 is 0 Å². The fourth-order valence-corrected chi connectivity index (χ4v) is 3.20. The summed E-state index contributed by atoms with van der Waals surface area (Å²) in [7, 11) is 2.21. The summed E-state index contributed by atoms with van der Waals surface area (Å²) >= 11 is 0. The van der Waals surface area contributed by atoms with Gasteiger partial charge in [-0.05, 0) is 62.9 Å². The average molecular weight is 319 g/mol. The fourth-order valence-electron chi connectivity index (χ4n) is 3.20. The van der Waals surface area contributed by atoms with Crippen LogP contribution in [0.1, 0.15) is 50.7 Å². The van der Waals surface area contributed by atoms with Crippen LogP contribution in [0.5, 0.6) is 5.75 Å². The van der Waals surface area contributed by atoms with Crippen LogP contribution in [0.3, 0.4) is 0 Å². The Balaban J connectivity index is 1.93. The Morgan fingerprint density at radius 2 is 1.87 bits per heavy atom. The molecule has 0 saturated carbocycles. The van der Waals surface area contributed by atoms with Gasteiger partial charge in [-0.15, -0.1) is 0 Å². The van der Waals surface area contributed by atoms with E-state index in [1.54, 1.807) is 0 Å². The van der Waals surface area contributed by atoms with Crippen LogP contribution in [0.2, 0.25) is 0 Å². The lowest BCUT2D eigenvalue weighted by atomic mass is 9.95. The first-order valence-corrected chi connectivity index (χ1v) is 9.30. The molecular weight excluding hydrogens is 284 g/mol. The molecule has 0 radical (unpaired) electrons. The van der Waals surface area contributed by atoms with E-state index in [1.165, 1.54) is 56.7 Å². The van der Waals surface area contributed by atoms with Gasteiger partial charge < -0.3 is 14.5 Å². The SMILES string of the molecule is CCOc1ccc(C(C)CC)cc1CCCN1CCN(C)CC1. The van der Waals surface area contributed by atoms with Crippen LogP contribution in [0.15, 0.2) is 18.2 Å². The molecule has 0 aliphatic carbocycles. The molecule has 2 rings (SSSR count). The van der Waals surface area contributed by atoms with Crippen molar-refractivity contribution in [3.05, 3.63) is 29.3 Å². The van der Waals surface area contributed by atoms with Gasteiger partial charge in [-0.2, -0.15) is 0 Å². The topological polar surface area (TPSA) is 15.7 Å². The Kier molecular flexibility index (Phi) is 7.38. The largest absolute Gasteiger partial charge is 0.494 e. The number of hydrogen-bond donors (Lipinski definition) is 0. The normalized spacial score (nSPS) is 18.1. The first-order chi connectivity index (χ1) is 11.1. The molecule has 1 aliphatic heterocycles. The lowest BCUT2D eigenvalue weighted by Gasteiger charge is -2.32. The van der Waals surface area contributed by atoms with E-state index in [0.29, 0.717) is 5.92 Å². The van der Waals surface area contributed by atoms with Crippen LogP contribution in [0.25, 0.3) is 0 Å². The Morgan fingerprint density at radius 3 is 2.52 bits per heavy atom. The van der Waals surface area contributed by atoms with E-state index in [1.807, 2.05) is 0 Å². The van der Waals surface area contributed by atoms with Gasteiger partial charge in [0.2, 0.25) is 0 Å². The molecule has 1 atom stereocenters. The number of likely N-dealkylation sites (N-methyl/N-ethyl adjacent to an activating group) is 1. The zero-order valence-corrected chi connectivity index (χ0v) is 15.5. The third kappa shape index (κ3) is 5.50. The maximum Gasteiger partial charge on any atom is 0.122 e. The van der Waals surface area contributed by atoms with E-state index in [2.05, 4.69) is 55.8 Å². The predicted molar refractivity (Wildman–Crippen MR) is 98.6 cm³/mol. The molecule has 1 aliphatic rings. The molecule has 0 N–H and O–H groups in total. The summed E-state index contributed by atoms with van der Waals surface area (Å²) < 4.78 is 5.84. The van der Waals surface area contributed by atoms with Crippen LogP contribution >= 0.6 is 0 Å². The first kappa shape index (κ1) is 18.3. The van der Waals surface area contributed by atoms with Gasteiger partial charge in [0.1, 0.15) is 5.75 Å². The standard InChI is InChI=1S/C20H34N2O/c1-5-17(3)18-9-10-20(23-6-2)19(16-18)8-7-11-22-14-12-21(4)13-15-22/h9-10,16-17H,5-8,11-15H2,1-4H3. The minimum atomic E-state index is 0.627. The van der Waals surface area contributed by atoms with Crippen molar-refractivity contribution in [3.63, 3.8) is 0 Å². The second-order valence-electron chi connectivity index (χ2n) is 6.86. The second kappa shape index (κ2) is 9.29. The first-order valence-electron chi connectivity index (χ1n) is 9.30. The highest BCUT2D eigenvalue weighted by Crippen LogP contribution is 2.27. The molecule has 0 spiro atoms. The Hall–Kier alpha value is -1.06. The van der Waals surface area contributed by atoms with Crippen molar-refractivity contribution in [3.8, 4) is 5.75 Å². The molecule has 3 nitrogen and oxygen atoms in total. The molecule has 1 fully saturated rings. The molecule has 0 aromatic heterocycles. The second-order valence-corrected chi connectivity index (χ2v) is 6.86. The van der Waals surface area contributed by atoms with Crippen molar-refractivity contribution in [1.82, 2.24) is 9.80 Å². The summed E-state index contributed by atoms with van der Waals surface area (Å²) in [4.78, 5) is 5.01. The van der Waals surface area contributed by atoms with Gasteiger partial charge in [0.05, 0.1) is 6.61 Å². The third-order valence-corrected chi connectivity index (χ3v) is 5.08. The molecule has 1 heterocycles. The van der Waals surface area contributed by atoms with Gasteiger partial charge in [0.25, 0.3) is 0 Å². The minimum Gasteiger partial charge on any atom is -0.494 e. The van der Waals surface area contributed by atoms with E-state index in [9.17, 15) is 0 Å². The van der Waals surface area contributed by atoms with Crippen molar-refractivity contribution < 1.29 is 4.74 Å². The van der Waals surface area contributed by atoms with Gasteiger partial charge >= 0.3 is 0 Å². The van der Waals surface area contributed by atoms with Crippen LogP contribution in [-0.2, 0) is 6.42 Å². The van der Waals surface area contributed by atoms with Gasteiger partial charge in [-0.1, -0.05) is 26.0 Å². The molecule has 0 amide bonds. The molecule has 23 heavy (non-hydrogen) atoms. The summed E-state index contributed by atoms with van der Waals surface area (Å²) in [5.74, 6) is 1.71. The summed E-state index contributed by atoms with van der Waals surface area (Å²) in [5, 5.41) is 0. The summed E-state index contributed by atoms with van der Waals surface area (Å²) in [6.07, 6.45) is 3.52. The van der Waals surface area contributed by atoms with E-state index < -0.39 is 0 Å². The van der Waals surface area contributed by atoms with Crippen LogP contribution in [-0.4, -0.2) is 56.2 Å². The highest BCUT2D eigenvalue weighted by molar-refractivity contribution is 5.38. The Morgan fingerprint density at radius 1 is 1.13 bits per heavy atom. The average Bonchev–Trinajstić information content (AvgIpc) is 2.57. The number of nitrogens with zero attached hydrogens (tertiary/aromatic N) is 2. The number of benzene rings is 1. The van der Waals surface area contributed by atoms with Gasteiger partial charge in [-0.25, -0.2) is 0 Å². The molecule has 1 aromatic carbocycles. The highest BCUT2D eigenvalue weighted by Gasteiger charge is 2.14. The lowest BCUT2D eigenvalue weighted by Crippen LogP contribution is -2.44. The summed E-state index contributed by atoms with van der Waals surface area (Å²) in [6, 6.07) is 6.79. The monoisotopic (exact) mass is 318 g/mol. The highest BCUT2D eigenvalue weighted by atomic mass is 16.5. The predicted octanol–water partition coefficient (Wildman–Crippen LogP) is 3.78. The Bertz CT molecular complexity index is 467. The number of hydrogen-bond acceptors (Lipinski definition) is 3. The van der Waals surface area contributed by atoms with Crippen molar-refractivity contribution in [1.29, 1.82) is 0 Å². The molecule has 1 saturated heterocycles. The third-order valence-electron chi connectivity index (χ3n) is 5.08. The molecule has 0 bridgehead atoms. The smallest absolute Gasteiger partial charge is 0.122 e. The quantitative estimate of drug-likeness (QED) is 0.725. The Labute approximate surface area is 142 Å². The van der Waals surface area contributed by atoms with Crippen LogP contribution in [0.4, 0.5) is 0 Å². The minimum absolute atomic E-state index is 0.627. The van der Waals surface area contributed by atoms with Crippen molar-refractivity contribution in [2.45, 2.75) is 46.0 Å². The van der Waals surface area contributed by atoms with Crippen LogP contribution in [0, 0.1) is 0 Å². The van der Waals surface area contributed by atoms with E-state index >= 15 is 0 Å². The molecular formula is C20H34N2O. The van der Waals surface area contributed by atoms with E-state index in [0.717, 1.165) is 18.8 Å². The lowest BCUT2D eigenvalue weighted by molar-refractivity contribution is 0.153. The zero-order chi connectivity index (χ0) is 16.7. The zero-order valence-electron chi connectivity index (χ0n) is 15.5. The number of piperazine rings is 1. The molecule has 1 unspecified atom stereocenters. The maximum atomic E-state index is 5.84. The number of aryl methyl sites for hydroxylation is 1. The summed E-state index contributed by atoms with van der Waals surface area (Å²) in [5.41, 5.74) is 2.84. The van der Waals surface area contributed by atoms with Gasteiger partial charge in [0, 0.05) is 26.2 Å². The van der Waals surface area contributed by atoms with Crippen molar-refractivity contribution in [2.75, 3.05) is 46.4 Å². The maximum absolute atomic E-state index is 5.84. The number of ether oxygens (including phenoxy) is 1. The summed E-state index contributed by atoms with van der Waals surface area (Å²) in [6.45, 7) is 13.4.